The molecular weight excluding hydrogens is 516 g/mol. The Morgan fingerprint density at radius 1 is 1.07 bits per heavy atom. The van der Waals surface area contributed by atoms with Crippen LogP contribution in [0.1, 0.15) is 99.3 Å². The quantitative estimate of drug-likeness (QED) is 0.394. The first-order valence-electron chi connectivity index (χ1n) is 15.3. The van der Waals surface area contributed by atoms with Gasteiger partial charge in [-0.1, -0.05) is 25.3 Å². The van der Waals surface area contributed by atoms with Crippen LogP contribution >= 0.6 is 0 Å². The molecule has 1 aliphatic carbocycles. The number of ether oxygens (including phenoxy) is 3. The molecule has 0 bridgehead atoms. The number of hydrogen-bond acceptors (Lipinski definition) is 6. The van der Waals surface area contributed by atoms with E-state index in [1.54, 1.807) is 0 Å². The Morgan fingerprint density at radius 3 is 2.49 bits per heavy atom. The Balaban J connectivity index is 1.75. The van der Waals surface area contributed by atoms with Crippen LogP contribution in [0.3, 0.4) is 0 Å². The summed E-state index contributed by atoms with van der Waals surface area (Å²) < 4.78 is 18.1. The van der Waals surface area contributed by atoms with Crippen LogP contribution in [0.25, 0.3) is 11.1 Å². The predicted octanol–water partition coefficient (Wildman–Crippen LogP) is 6.72. The molecule has 0 radical (unpaired) electrons. The second-order valence-electron chi connectivity index (χ2n) is 12.7. The Kier molecular flexibility index (Phi) is 8.38. The van der Waals surface area contributed by atoms with Gasteiger partial charge in [0, 0.05) is 24.7 Å². The standard InChI is InChI=1S/C34H46N2O5/c1-8-39-33(38)32(41-34(5,6)7)30-20(2)25-18-28(37)36(23-12-10-9-11-13-23)19-26(25)21(3)29(30)24-14-15-27-31(22(24)4)35-16-17-40-27/h14-15,23,32,35H,8-13,16-19H2,1-7H3/t32-/m0/s1. The van der Waals surface area contributed by atoms with Gasteiger partial charge in [0.15, 0.2) is 6.10 Å². The smallest absolute Gasteiger partial charge is 0.339 e. The zero-order valence-electron chi connectivity index (χ0n) is 25.9. The molecule has 7 nitrogen and oxygen atoms in total. The van der Waals surface area contributed by atoms with Crippen LogP contribution in [-0.4, -0.2) is 48.2 Å². The molecule has 5 rings (SSSR count). The number of carbonyl (C=O) groups excluding carboxylic acids is 2. The first-order valence-corrected chi connectivity index (χ1v) is 15.3. The number of hydrogen-bond donors (Lipinski definition) is 1. The third kappa shape index (κ3) is 5.70. The number of amides is 1. The molecule has 1 N–H and O–H groups in total. The van der Waals surface area contributed by atoms with Gasteiger partial charge in [0.05, 0.1) is 24.3 Å². The highest BCUT2D eigenvalue weighted by Crippen LogP contribution is 2.47. The molecule has 1 fully saturated rings. The monoisotopic (exact) mass is 562 g/mol. The molecule has 1 atom stereocenters. The third-order valence-corrected chi connectivity index (χ3v) is 8.90. The van der Waals surface area contributed by atoms with Crippen LogP contribution in [-0.2, 0) is 32.0 Å². The van der Waals surface area contributed by atoms with Gasteiger partial charge in [-0.2, -0.15) is 0 Å². The van der Waals surface area contributed by atoms with Gasteiger partial charge >= 0.3 is 5.97 Å². The number of carbonyl (C=O) groups is 2. The summed E-state index contributed by atoms with van der Waals surface area (Å²) in [7, 11) is 0. The van der Waals surface area contributed by atoms with Crippen LogP contribution in [0, 0.1) is 20.8 Å². The molecule has 7 heteroatoms. The van der Waals surface area contributed by atoms with Crippen molar-refractivity contribution in [3.05, 3.63) is 45.5 Å². The molecule has 0 spiro atoms. The zero-order chi connectivity index (χ0) is 29.5. The molecule has 41 heavy (non-hydrogen) atoms. The van der Waals surface area contributed by atoms with Gasteiger partial charge in [-0.15, -0.1) is 0 Å². The molecule has 0 unspecified atom stereocenters. The van der Waals surface area contributed by atoms with Crippen molar-refractivity contribution in [1.82, 2.24) is 4.90 Å². The fourth-order valence-corrected chi connectivity index (χ4v) is 6.95. The van der Waals surface area contributed by atoms with Gasteiger partial charge in [0.1, 0.15) is 12.4 Å². The average Bonchev–Trinajstić information content (AvgIpc) is 2.94. The maximum Gasteiger partial charge on any atom is 0.339 e. The lowest BCUT2D eigenvalue weighted by molar-refractivity contribution is -0.166. The predicted molar refractivity (Wildman–Crippen MR) is 161 cm³/mol. The molecule has 0 aromatic heterocycles. The van der Waals surface area contributed by atoms with E-state index in [2.05, 4.69) is 30.1 Å². The number of esters is 1. The van der Waals surface area contributed by atoms with Crippen molar-refractivity contribution in [2.75, 3.05) is 25.1 Å². The number of anilines is 1. The first-order chi connectivity index (χ1) is 19.5. The van der Waals surface area contributed by atoms with Crippen molar-refractivity contribution in [2.45, 2.75) is 111 Å². The highest BCUT2D eigenvalue weighted by Gasteiger charge is 2.38. The van der Waals surface area contributed by atoms with Crippen molar-refractivity contribution in [3.8, 4) is 16.9 Å². The second-order valence-corrected chi connectivity index (χ2v) is 12.7. The summed E-state index contributed by atoms with van der Waals surface area (Å²) in [6.07, 6.45) is 5.17. The molecule has 2 aromatic carbocycles. The summed E-state index contributed by atoms with van der Waals surface area (Å²) in [5.74, 6) is 0.615. The van der Waals surface area contributed by atoms with Crippen molar-refractivity contribution in [1.29, 1.82) is 0 Å². The summed E-state index contributed by atoms with van der Waals surface area (Å²) in [4.78, 5) is 29.4. The molecule has 0 saturated heterocycles. The van der Waals surface area contributed by atoms with E-state index in [1.165, 1.54) is 24.8 Å². The summed E-state index contributed by atoms with van der Waals surface area (Å²) in [6.45, 7) is 16.2. The second kappa shape index (κ2) is 11.7. The van der Waals surface area contributed by atoms with Gasteiger partial charge in [-0.25, -0.2) is 4.79 Å². The number of benzene rings is 2. The van der Waals surface area contributed by atoms with Crippen molar-refractivity contribution in [2.24, 2.45) is 0 Å². The van der Waals surface area contributed by atoms with E-state index in [-0.39, 0.29) is 12.5 Å². The molecule has 222 valence electrons. The van der Waals surface area contributed by atoms with Gasteiger partial charge in [0.25, 0.3) is 0 Å². The molecular formula is C34H46N2O5. The Labute approximate surface area is 244 Å². The summed E-state index contributed by atoms with van der Waals surface area (Å²) in [6, 6.07) is 4.42. The average molecular weight is 563 g/mol. The van der Waals surface area contributed by atoms with E-state index < -0.39 is 17.7 Å². The van der Waals surface area contributed by atoms with Crippen LogP contribution in [0.15, 0.2) is 12.1 Å². The van der Waals surface area contributed by atoms with E-state index in [1.807, 2.05) is 40.7 Å². The van der Waals surface area contributed by atoms with Crippen LogP contribution < -0.4 is 10.1 Å². The van der Waals surface area contributed by atoms with Crippen molar-refractivity contribution in [3.63, 3.8) is 0 Å². The minimum absolute atomic E-state index is 0.182. The van der Waals surface area contributed by atoms with E-state index in [9.17, 15) is 9.59 Å². The van der Waals surface area contributed by atoms with Crippen molar-refractivity contribution < 1.29 is 23.8 Å². The summed E-state index contributed by atoms with van der Waals surface area (Å²) >= 11 is 0. The summed E-state index contributed by atoms with van der Waals surface area (Å²) in [5.41, 5.74) is 8.56. The fourth-order valence-electron chi connectivity index (χ4n) is 6.95. The number of fused-ring (bicyclic) bond motifs is 2. The van der Waals surface area contributed by atoms with Crippen LogP contribution in [0.5, 0.6) is 5.75 Å². The minimum Gasteiger partial charge on any atom is -0.490 e. The lowest BCUT2D eigenvalue weighted by atomic mass is 9.78. The Hall–Kier alpha value is -3.06. The molecule has 1 amide bonds. The van der Waals surface area contributed by atoms with Gasteiger partial charge in [-0.05, 0) is 106 Å². The lowest BCUT2D eigenvalue weighted by Crippen LogP contribution is -2.45. The SMILES string of the molecule is CCOC(=O)[C@@H](OC(C)(C)C)c1c(C)c2c(c(C)c1-c1ccc3c(c1C)NCCO3)CN(C1CCCCC1)C(=O)C2. The largest absolute Gasteiger partial charge is 0.490 e. The van der Waals surface area contributed by atoms with Gasteiger partial charge in [0.2, 0.25) is 5.91 Å². The topological polar surface area (TPSA) is 77.1 Å². The first kappa shape index (κ1) is 29.4. The molecule has 2 heterocycles. The van der Waals surface area contributed by atoms with Crippen LogP contribution in [0.4, 0.5) is 5.69 Å². The van der Waals surface area contributed by atoms with Crippen LogP contribution in [0.2, 0.25) is 0 Å². The van der Waals surface area contributed by atoms with Gasteiger partial charge in [-0.3, -0.25) is 4.79 Å². The van der Waals surface area contributed by atoms with E-state index in [0.29, 0.717) is 25.6 Å². The zero-order valence-corrected chi connectivity index (χ0v) is 25.9. The number of nitrogens with zero attached hydrogens (tertiary/aromatic N) is 1. The van der Waals surface area contributed by atoms with E-state index in [0.717, 1.165) is 69.8 Å². The fraction of sp³-hybridized carbons (Fsp3) is 0.588. The lowest BCUT2D eigenvalue weighted by Gasteiger charge is -2.40. The summed E-state index contributed by atoms with van der Waals surface area (Å²) in [5, 5.41) is 3.52. The normalized spacial score (nSPS) is 18.2. The van der Waals surface area contributed by atoms with E-state index in [4.69, 9.17) is 14.2 Å². The molecule has 2 aromatic rings. The Morgan fingerprint density at radius 2 is 1.80 bits per heavy atom. The molecule has 3 aliphatic rings. The molecule has 1 saturated carbocycles. The third-order valence-electron chi connectivity index (χ3n) is 8.90. The minimum atomic E-state index is -0.930. The number of rotatable bonds is 6. The highest BCUT2D eigenvalue weighted by molar-refractivity contribution is 5.90. The van der Waals surface area contributed by atoms with Gasteiger partial charge < -0.3 is 24.4 Å². The Bertz CT molecular complexity index is 1340. The molecule has 2 aliphatic heterocycles. The highest BCUT2D eigenvalue weighted by atomic mass is 16.6. The van der Waals surface area contributed by atoms with Crippen molar-refractivity contribution >= 4 is 17.6 Å². The number of nitrogens with one attached hydrogen (secondary N) is 1. The van der Waals surface area contributed by atoms with E-state index >= 15 is 0 Å². The maximum absolute atomic E-state index is 13.6. The maximum atomic E-state index is 13.6.